The standard InChI is InChI=1S/C22H26N4O2/c1-3-20(27)25-19-12-17(13-23-15(19)2)24-21(28)14-26-11-8-16-6-4-5-7-18(16)22(26)9-10-22/h4-7,12-13H,3,8-11,14H2,1-2H3,(H,24,28)(H,25,27). The maximum atomic E-state index is 12.7. The molecule has 1 spiro atoms. The monoisotopic (exact) mass is 378 g/mol. The van der Waals surface area contributed by atoms with Crippen LogP contribution in [0, 0.1) is 6.92 Å². The molecular formula is C22H26N4O2. The molecule has 1 aromatic carbocycles. The fourth-order valence-electron chi connectivity index (χ4n) is 4.11. The molecule has 2 aromatic rings. The van der Waals surface area contributed by atoms with Gasteiger partial charge in [0.25, 0.3) is 0 Å². The van der Waals surface area contributed by atoms with E-state index in [2.05, 4.69) is 44.8 Å². The smallest absolute Gasteiger partial charge is 0.238 e. The zero-order valence-electron chi connectivity index (χ0n) is 16.4. The van der Waals surface area contributed by atoms with E-state index in [1.165, 1.54) is 11.1 Å². The van der Waals surface area contributed by atoms with Crippen LogP contribution in [-0.2, 0) is 21.5 Å². The Balaban J connectivity index is 1.44. The minimum atomic E-state index is -0.0731. The van der Waals surface area contributed by atoms with E-state index < -0.39 is 0 Å². The van der Waals surface area contributed by atoms with E-state index in [4.69, 9.17) is 0 Å². The van der Waals surface area contributed by atoms with Crippen LogP contribution in [0.25, 0.3) is 0 Å². The van der Waals surface area contributed by atoms with Crippen molar-refractivity contribution in [3.05, 3.63) is 53.3 Å². The molecule has 1 aromatic heterocycles. The Kier molecular flexibility index (Phi) is 4.89. The number of fused-ring (bicyclic) bond motifs is 2. The fraction of sp³-hybridized carbons (Fsp3) is 0.409. The SMILES string of the molecule is CCC(=O)Nc1cc(NC(=O)CN2CCc3ccccc3C23CC3)cnc1C. The van der Waals surface area contributed by atoms with Crippen molar-refractivity contribution in [1.82, 2.24) is 9.88 Å². The Morgan fingerprint density at radius 3 is 2.71 bits per heavy atom. The number of pyridine rings is 1. The van der Waals surface area contributed by atoms with Crippen molar-refractivity contribution in [2.45, 2.75) is 45.1 Å². The maximum Gasteiger partial charge on any atom is 0.238 e. The van der Waals surface area contributed by atoms with Gasteiger partial charge in [-0.1, -0.05) is 31.2 Å². The predicted molar refractivity (Wildman–Crippen MR) is 109 cm³/mol. The third-order valence-corrected chi connectivity index (χ3v) is 5.80. The Morgan fingerprint density at radius 1 is 1.18 bits per heavy atom. The molecule has 146 valence electrons. The molecule has 0 saturated heterocycles. The molecule has 0 atom stereocenters. The lowest BCUT2D eigenvalue weighted by atomic mass is 9.90. The molecule has 6 heteroatoms. The molecule has 1 aliphatic carbocycles. The van der Waals surface area contributed by atoms with E-state index in [-0.39, 0.29) is 17.4 Å². The van der Waals surface area contributed by atoms with Crippen LogP contribution in [-0.4, -0.2) is 34.8 Å². The molecule has 1 aliphatic heterocycles. The second kappa shape index (κ2) is 7.36. The van der Waals surface area contributed by atoms with Crippen molar-refractivity contribution in [2.24, 2.45) is 0 Å². The normalized spacial score (nSPS) is 17.1. The quantitative estimate of drug-likeness (QED) is 0.838. The number of hydrogen-bond acceptors (Lipinski definition) is 4. The summed E-state index contributed by atoms with van der Waals surface area (Å²) in [6.07, 6.45) is 5.22. The van der Waals surface area contributed by atoms with Gasteiger partial charge in [-0.15, -0.1) is 0 Å². The molecule has 28 heavy (non-hydrogen) atoms. The van der Waals surface area contributed by atoms with Crippen molar-refractivity contribution in [3.63, 3.8) is 0 Å². The molecule has 0 bridgehead atoms. The topological polar surface area (TPSA) is 74.3 Å². The first-order chi connectivity index (χ1) is 13.5. The minimum absolute atomic E-state index is 0.0397. The van der Waals surface area contributed by atoms with Crippen LogP contribution in [0.4, 0.5) is 11.4 Å². The molecule has 1 saturated carbocycles. The summed E-state index contributed by atoms with van der Waals surface area (Å²) in [6, 6.07) is 10.4. The molecule has 2 aliphatic rings. The molecule has 0 radical (unpaired) electrons. The van der Waals surface area contributed by atoms with Gasteiger partial charge in [0, 0.05) is 18.5 Å². The average Bonchev–Trinajstić information content (AvgIpc) is 3.48. The summed E-state index contributed by atoms with van der Waals surface area (Å²) < 4.78 is 0. The van der Waals surface area contributed by atoms with E-state index in [0.717, 1.165) is 31.5 Å². The predicted octanol–water partition coefficient (Wildman–Crippen LogP) is 3.22. The summed E-state index contributed by atoms with van der Waals surface area (Å²) in [4.78, 5) is 31.0. The Morgan fingerprint density at radius 2 is 1.96 bits per heavy atom. The summed E-state index contributed by atoms with van der Waals surface area (Å²) in [5, 5.41) is 5.77. The Bertz CT molecular complexity index is 921. The molecule has 2 amide bonds. The lowest BCUT2D eigenvalue weighted by molar-refractivity contribution is -0.118. The number of aromatic nitrogens is 1. The van der Waals surface area contributed by atoms with Gasteiger partial charge in [0.1, 0.15) is 0 Å². The highest BCUT2D eigenvalue weighted by Gasteiger charge is 2.52. The van der Waals surface area contributed by atoms with E-state index in [0.29, 0.717) is 24.3 Å². The van der Waals surface area contributed by atoms with Gasteiger partial charge in [-0.05, 0) is 43.4 Å². The summed E-state index contributed by atoms with van der Waals surface area (Å²) >= 11 is 0. The van der Waals surface area contributed by atoms with E-state index in [1.807, 2.05) is 6.92 Å². The average molecular weight is 378 g/mol. The first-order valence-corrected chi connectivity index (χ1v) is 9.91. The van der Waals surface area contributed by atoms with E-state index in [1.54, 1.807) is 19.2 Å². The van der Waals surface area contributed by atoms with Gasteiger partial charge >= 0.3 is 0 Å². The fourth-order valence-corrected chi connectivity index (χ4v) is 4.11. The van der Waals surface area contributed by atoms with Gasteiger partial charge in [0.15, 0.2) is 0 Å². The number of aryl methyl sites for hydroxylation is 1. The third-order valence-electron chi connectivity index (χ3n) is 5.80. The summed E-state index contributed by atoms with van der Waals surface area (Å²) in [5.41, 5.74) is 4.80. The summed E-state index contributed by atoms with van der Waals surface area (Å²) in [6.45, 7) is 4.89. The van der Waals surface area contributed by atoms with Crippen LogP contribution in [0.1, 0.15) is 43.0 Å². The lowest BCUT2D eigenvalue weighted by Crippen LogP contribution is -2.45. The van der Waals surface area contributed by atoms with E-state index >= 15 is 0 Å². The summed E-state index contributed by atoms with van der Waals surface area (Å²) in [5.74, 6) is -0.125. The minimum Gasteiger partial charge on any atom is -0.324 e. The van der Waals surface area contributed by atoms with Crippen molar-refractivity contribution >= 4 is 23.2 Å². The van der Waals surface area contributed by atoms with Crippen LogP contribution < -0.4 is 10.6 Å². The molecule has 6 nitrogen and oxygen atoms in total. The number of carbonyl (C=O) groups is 2. The van der Waals surface area contributed by atoms with Gasteiger partial charge in [-0.2, -0.15) is 0 Å². The number of benzene rings is 1. The molecule has 4 rings (SSSR count). The van der Waals surface area contributed by atoms with Crippen molar-refractivity contribution < 1.29 is 9.59 Å². The first-order valence-electron chi connectivity index (χ1n) is 9.91. The zero-order valence-corrected chi connectivity index (χ0v) is 16.4. The van der Waals surface area contributed by atoms with Crippen LogP contribution in [0.15, 0.2) is 36.5 Å². The second-order valence-corrected chi connectivity index (χ2v) is 7.67. The number of amides is 2. The molecule has 2 heterocycles. The van der Waals surface area contributed by atoms with Crippen molar-refractivity contribution in [3.8, 4) is 0 Å². The molecule has 1 fully saturated rings. The third kappa shape index (κ3) is 3.52. The highest BCUT2D eigenvalue weighted by molar-refractivity contribution is 5.95. The number of rotatable bonds is 5. The van der Waals surface area contributed by atoms with E-state index in [9.17, 15) is 9.59 Å². The number of carbonyl (C=O) groups excluding carboxylic acids is 2. The Hall–Kier alpha value is -2.73. The van der Waals surface area contributed by atoms with Gasteiger partial charge in [-0.25, -0.2) is 0 Å². The lowest BCUT2D eigenvalue weighted by Gasteiger charge is -2.37. The largest absolute Gasteiger partial charge is 0.324 e. The first kappa shape index (κ1) is 18.6. The highest BCUT2D eigenvalue weighted by Crippen LogP contribution is 2.53. The van der Waals surface area contributed by atoms with Gasteiger partial charge in [0.05, 0.1) is 29.8 Å². The second-order valence-electron chi connectivity index (χ2n) is 7.67. The number of anilines is 2. The number of hydrogen-bond donors (Lipinski definition) is 2. The van der Waals surface area contributed by atoms with Gasteiger partial charge < -0.3 is 10.6 Å². The van der Waals surface area contributed by atoms with Crippen LogP contribution in [0.3, 0.4) is 0 Å². The van der Waals surface area contributed by atoms with Crippen molar-refractivity contribution in [1.29, 1.82) is 0 Å². The summed E-state index contributed by atoms with van der Waals surface area (Å²) in [7, 11) is 0. The van der Waals surface area contributed by atoms with Crippen LogP contribution in [0.2, 0.25) is 0 Å². The molecular weight excluding hydrogens is 352 g/mol. The van der Waals surface area contributed by atoms with Gasteiger partial charge in [-0.3, -0.25) is 19.5 Å². The zero-order chi connectivity index (χ0) is 19.7. The van der Waals surface area contributed by atoms with Crippen LogP contribution >= 0.6 is 0 Å². The Labute approximate surface area is 165 Å². The van der Waals surface area contributed by atoms with Crippen LogP contribution in [0.5, 0.6) is 0 Å². The van der Waals surface area contributed by atoms with Gasteiger partial charge in [0.2, 0.25) is 11.8 Å². The number of nitrogens with zero attached hydrogens (tertiary/aromatic N) is 2. The molecule has 0 unspecified atom stereocenters. The number of nitrogens with one attached hydrogen (secondary N) is 2. The maximum absolute atomic E-state index is 12.7. The van der Waals surface area contributed by atoms with Crippen molar-refractivity contribution in [2.75, 3.05) is 23.7 Å². The molecule has 2 N–H and O–H groups in total. The highest BCUT2D eigenvalue weighted by atomic mass is 16.2.